The highest BCUT2D eigenvalue weighted by molar-refractivity contribution is 7.17. The van der Waals surface area contributed by atoms with Crippen molar-refractivity contribution in [2.45, 2.75) is 25.7 Å². The number of carbonyl (C=O) groups excluding carboxylic acids is 1. The lowest BCUT2D eigenvalue weighted by Crippen LogP contribution is -2.39. The number of urea groups is 1. The number of amides is 2. The summed E-state index contributed by atoms with van der Waals surface area (Å²) in [6, 6.07) is 16.2. The van der Waals surface area contributed by atoms with E-state index in [1.807, 2.05) is 0 Å². The van der Waals surface area contributed by atoms with E-state index in [4.69, 9.17) is 10.6 Å². The zero-order chi connectivity index (χ0) is 20.2. The Morgan fingerprint density at radius 2 is 1.55 bits per heavy atom. The molecule has 2 aromatic heterocycles. The molecular weight excluding hydrogens is 400 g/mol. The largest absolute Gasteiger partial charge is 0.350 e. The molecule has 0 spiro atoms. The number of primary amides is 1. The van der Waals surface area contributed by atoms with E-state index in [-0.39, 0.29) is 5.92 Å². The number of nitrogens with zero attached hydrogens (tertiary/aromatic N) is 1. The minimum Gasteiger partial charge on any atom is -0.350 e. The second kappa shape index (κ2) is 8.95. The van der Waals surface area contributed by atoms with Crippen molar-refractivity contribution in [3.63, 3.8) is 0 Å². The summed E-state index contributed by atoms with van der Waals surface area (Å²) in [4.78, 5) is 17.9. The van der Waals surface area contributed by atoms with E-state index in [9.17, 15) is 4.79 Å². The van der Waals surface area contributed by atoms with E-state index in [2.05, 4.69) is 66.2 Å². The number of hydrogen-bond acceptors (Lipinski definition) is 4. The molecule has 2 heterocycles. The maximum absolute atomic E-state index is 12.1. The number of carbonyl (C=O) groups is 1. The zero-order valence-corrected chi connectivity index (χ0v) is 18.0. The van der Waals surface area contributed by atoms with Gasteiger partial charge in [-0.25, -0.2) is 9.86 Å². The van der Waals surface area contributed by atoms with Gasteiger partial charge in [-0.2, -0.15) is 0 Å². The number of rotatable bonds is 8. The summed E-state index contributed by atoms with van der Waals surface area (Å²) in [5.74, 6) is -0.0172. The normalized spacial score (nSPS) is 11.5. The highest BCUT2D eigenvalue weighted by atomic mass is 32.1. The molecule has 2 N–H and O–H groups in total. The second-order valence-corrected chi connectivity index (χ2v) is 8.84. The van der Waals surface area contributed by atoms with Gasteiger partial charge in [-0.05, 0) is 51.2 Å². The summed E-state index contributed by atoms with van der Waals surface area (Å²) in [6.45, 7) is 2.97. The van der Waals surface area contributed by atoms with Crippen molar-refractivity contribution in [3.8, 4) is 0 Å². The molecule has 150 valence electrons. The quantitative estimate of drug-likeness (QED) is 0.264. The van der Waals surface area contributed by atoms with Gasteiger partial charge in [0.05, 0.1) is 13.2 Å². The van der Waals surface area contributed by atoms with E-state index >= 15 is 0 Å². The standard InChI is InChI=1S/C23H24N2O2S2/c1-2-3-12-27-25(23(24)26)13-18(19-14-28-21-10-6-4-8-16(19)21)20-15-29-22-11-7-5-9-17(20)22/h4-11,14-15,18H,2-3,12-13H2,1H3,(H2,24,26). The zero-order valence-electron chi connectivity index (χ0n) is 16.3. The Labute approximate surface area is 178 Å². The first-order chi connectivity index (χ1) is 14.2. The van der Waals surface area contributed by atoms with Gasteiger partial charge in [0, 0.05) is 15.3 Å². The molecule has 0 saturated carbocycles. The van der Waals surface area contributed by atoms with E-state index in [1.165, 1.54) is 36.4 Å². The van der Waals surface area contributed by atoms with Crippen molar-refractivity contribution in [2.24, 2.45) is 5.73 Å². The first kappa shape index (κ1) is 19.9. The lowest BCUT2D eigenvalue weighted by molar-refractivity contribution is -0.117. The van der Waals surface area contributed by atoms with Crippen LogP contribution >= 0.6 is 22.7 Å². The molecule has 0 atom stereocenters. The molecule has 0 aliphatic heterocycles. The van der Waals surface area contributed by atoms with Crippen LogP contribution in [0, 0.1) is 0 Å². The smallest absolute Gasteiger partial charge is 0.338 e. The Morgan fingerprint density at radius 1 is 1.00 bits per heavy atom. The Hall–Kier alpha value is -2.41. The molecule has 0 bridgehead atoms. The van der Waals surface area contributed by atoms with E-state index < -0.39 is 6.03 Å². The molecule has 0 aliphatic carbocycles. The van der Waals surface area contributed by atoms with Crippen molar-refractivity contribution in [3.05, 3.63) is 70.4 Å². The van der Waals surface area contributed by atoms with Crippen molar-refractivity contribution < 1.29 is 9.63 Å². The van der Waals surface area contributed by atoms with E-state index in [0.717, 1.165) is 12.8 Å². The van der Waals surface area contributed by atoms with Gasteiger partial charge in [0.2, 0.25) is 0 Å². The summed E-state index contributed by atoms with van der Waals surface area (Å²) in [7, 11) is 0. The first-order valence-electron chi connectivity index (χ1n) is 9.81. The first-order valence-corrected chi connectivity index (χ1v) is 11.6. The fraction of sp³-hybridized carbons (Fsp3) is 0.261. The summed E-state index contributed by atoms with van der Waals surface area (Å²) >= 11 is 3.46. The van der Waals surface area contributed by atoms with Gasteiger partial charge in [0.25, 0.3) is 0 Å². The molecule has 2 aromatic carbocycles. The Morgan fingerprint density at radius 3 is 2.07 bits per heavy atom. The monoisotopic (exact) mass is 424 g/mol. The highest BCUT2D eigenvalue weighted by Gasteiger charge is 2.26. The molecule has 6 heteroatoms. The third kappa shape index (κ3) is 4.15. The molecule has 0 fully saturated rings. The maximum atomic E-state index is 12.1. The SMILES string of the molecule is CCCCON(CC(c1csc2ccccc12)c1csc2ccccc12)C(N)=O. The number of nitrogens with two attached hydrogens (primary N) is 1. The van der Waals surface area contributed by atoms with Crippen LogP contribution in [0.25, 0.3) is 20.2 Å². The van der Waals surface area contributed by atoms with Crippen LogP contribution in [0.4, 0.5) is 4.79 Å². The molecule has 0 radical (unpaired) electrons. The van der Waals surface area contributed by atoms with E-state index in [0.29, 0.717) is 13.2 Å². The van der Waals surface area contributed by atoms with Gasteiger partial charge in [-0.3, -0.25) is 4.84 Å². The van der Waals surface area contributed by atoms with Crippen LogP contribution in [0.2, 0.25) is 0 Å². The van der Waals surface area contributed by atoms with Crippen LogP contribution < -0.4 is 5.73 Å². The number of hydrogen-bond donors (Lipinski definition) is 1. The molecule has 29 heavy (non-hydrogen) atoms. The highest BCUT2D eigenvalue weighted by Crippen LogP contribution is 2.40. The van der Waals surface area contributed by atoms with Gasteiger partial charge >= 0.3 is 6.03 Å². The summed E-state index contributed by atoms with van der Waals surface area (Å²) in [6.07, 6.45) is 1.89. The fourth-order valence-corrected chi connectivity index (χ4v) is 5.62. The minimum atomic E-state index is -0.551. The van der Waals surface area contributed by atoms with Crippen LogP contribution in [0.15, 0.2) is 59.3 Å². The number of fused-ring (bicyclic) bond motifs is 2. The molecule has 0 aliphatic rings. The Kier molecular flexibility index (Phi) is 6.13. The van der Waals surface area contributed by atoms with Crippen LogP contribution in [0.3, 0.4) is 0 Å². The lowest BCUT2D eigenvalue weighted by Gasteiger charge is -2.25. The maximum Gasteiger partial charge on any atom is 0.338 e. The van der Waals surface area contributed by atoms with Gasteiger partial charge in [-0.15, -0.1) is 22.7 Å². The molecule has 4 nitrogen and oxygen atoms in total. The van der Waals surface area contributed by atoms with Gasteiger partial charge in [-0.1, -0.05) is 49.7 Å². The molecular formula is C23H24N2O2S2. The van der Waals surface area contributed by atoms with Gasteiger partial charge < -0.3 is 5.73 Å². The summed E-state index contributed by atoms with van der Waals surface area (Å²) in [5, 5.41) is 8.17. The Balaban J connectivity index is 1.78. The predicted octanol–water partition coefficient (Wildman–Crippen LogP) is 6.36. The van der Waals surface area contributed by atoms with E-state index in [1.54, 1.807) is 22.7 Å². The molecule has 2 amide bonds. The lowest BCUT2D eigenvalue weighted by atomic mass is 9.90. The summed E-state index contributed by atoms with van der Waals surface area (Å²) < 4.78 is 2.48. The third-order valence-corrected chi connectivity index (χ3v) is 7.08. The molecule has 0 saturated heterocycles. The van der Waals surface area contributed by atoms with Gasteiger partial charge in [0.1, 0.15) is 0 Å². The molecule has 4 rings (SSSR count). The average molecular weight is 425 g/mol. The number of hydroxylamine groups is 2. The number of unbranched alkanes of at least 4 members (excludes halogenated alkanes) is 1. The summed E-state index contributed by atoms with van der Waals surface area (Å²) in [5.41, 5.74) is 8.08. The van der Waals surface area contributed by atoms with Crippen LogP contribution in [0.1, 0.15) is 36.8 Å². The van der Waals surface area contributed by atoms with Crippen LogP contribution in [-0.4, -0.2) is 24.2 Å². The Bertz CT molecular complexity index is 1040. The van der Waals surface area contributed by atoms with Crippen molar-refractivity contribution in [1.29, 1.82) is 0 Å². The fourth-order valence-electron chi connectivity index (χ4n) is 3.59. The topological polar surface area (TPSA) is 55.6 Å². The van der Waals surface area contributed by atoms with Gasteiger partial charge in [0.15, 0.2) is 0 Å². The van der Waals surface area contributed by atoms with Crippen LogP contribution in [0.5, 0.6) is 0 Å². The third-order valence-electron chi connectivity index (χ3n) is 5.11. The minimum absolute atomic E-state index is 0.0172. The van der Waals surface area contributed by atoms with Crippen LogP contribution in [-0.2, 0) is 4.84 Å². The number of thiophene rings is 2. The number of benzene rings is 2. The van der Waals surface area contributed by atoms with Crippen molar-refractivity contribution in [2.75, 3.05) is 13.2 Å². The molecule has 4 aromatic rings. The predicted molar refractivity (Wildman–Crippen MR) is 123 cm³/mol. The van der Waals surface area contributed by atoms with Crippen molar-refractivity contribution in [1.82, 2.24) is 5.06 Å². The molecule has 0 unspecified atom stereocenters. The van der Waals surface area contributed by atoms with Crippen molar-refractivity contribution >= 4 is 48.9 Å². The second-order valence-electron chi connectivity index (χ2n) is 7.01. The average Bonchev–Trinajstić information content (AvgIpc) is 3.35.